The Morgan fingerprint density at radius 3 is 3.05 bits per heavy atom. The number of aromatic nitrogens is 5. The van der Waals surface area contributed by atoms with Gasteiger partial charge in [-0.05, 0) is 32.4 Å². The Bertz CT molecular complexity index is 612. The molecule has 0 aromatic carbocycles. The molecule has 1 aliphatic rings. The van der Waals surface area contributed by atoms with Gasteiger partial charge in [-0.25, -0.2) is 4.68 Å². The van der Waals surface area contributed by atoms with Crippen molar-refractivity contribution < 1.29 is 4.79 Å². The molecule has 1 amide bonds. The predicted molar refractivity (Wildman–Crippen MR) is 77.1 cm³/mol. The molecule has 8 heteroatoms. The third kappa shape index (κ3) is 2.94. The van der Waals surface area contributed by atoms with Crippen LogP contribution in [0, 0.1) is 0 Å². The molecule has 0 radical (unpaired) electrons. The first-order chi connectivity index (χ1) is 10.3. The zero-order chi connectivity index (χ0) is 14.7. The lowest BCUT2D eigenvalue weighted by molar-refractivity contribution is 0.102. The zero-order valence-electron chi connectivity index (χ0n) is 12.0. The summed E-state index contributed by atoms with van der Waals surface area (Å²) in [5.41, 5.74) is 1.29. The number of aromatic amines is 1. The minimum atomic E-state index is -0.269. The summed E-state index contributed by atoms with van der Waals surface area (Å²) in [7, 11) is 0. The van der Waals surface area contributed by atoms with E-state index in [-0.39, 0.29) is 5.91 Å². The fraction of sp³-hybridized carbons (Fsp3) is 0.538. The lowest BCUT2D eigenvalue weighted by Crippen LogP contribution is -2.29. The van der Waals surface area contributed by atoms with Gasteiger partial charge in [0.2, 0.25) is 0 Å². The van der Waals surface area contributed by atoms with Crippen molar-refractivity contribution in [2.24, 2.45) is 0 Å². The number of aryl methyl sites for hydroxylation is 1. The predicted octanol–water partition coefficient (Wildman–Crippen LogP) is 0.740. The summed E-state index contributed by atoms with van der Waals surface area (Å²) in [4.78, 5) is 12.2. The second kappa shape index (κ2) is 6.04. The second-order valence-electron chi connectivity index (χ2n) is 5.14. The van der Waals surface area contributed by atoms with Crippen LogP contribution in [-0.4, -0.2) is 44.2 Å². The Labute approximate surface area is 122 Å². The lowest BCUT2D eigenvalue weighted by atomic mass is 10.1. The zero-order valence-corrected chi connectivity index (χ0v) is 12.0. The van der Waals surface area contributed by atoms with Crippen LogP contribution in [0.15, 0.2) is 12.4 Å². The van der Waals surface area contributed by atoms with Crippen LogP contribution in [0.3, 0.4) is 0 Å². The molecule has 21 heavy (non-hydrogen) atoms. The number of amides is 1. The largest absolute Gasteiger partial charge is 0.317 e. The van der Waals surface area contributed by atoms with E-state index in [0.29, 0.717) is 17.6 Å². The molecule has 1 saturated heterocycles. The third-order valence-electron chi connectivity index (χ3n) is 3.76. The molecular formula is C13H19N7O. The summed E-state index contributed by atoms with van der Waals surface area (Å²) >= 11 is 0. The third-order valence-corrected chi connectivity index (χ3v) is 3.76. The molecule has 112 valence electrons. The number of hydrogen-bond donors (Lipinski definition) is 3. The van der Waals surface area contributed by atoms with Gasteiger partial charge in [0.05, 0.1) is 18.4 Å². The summed E-state index contributed by atoms with van der Waals surface area (Å²) in [6.45, 7) is 3.95. The van der Waals surface area contributed by atoms with E-state index in [2.05, 4.69) is 31.1 Å². The van der Waals surface area contributed by atoms with E-state index in [0.717, 1.165) is 37.9 Å². The van der Waals surface area contributed by atoms with Crippen LogP contribution in [0.4, 0.5) is 5.82 Å². The van der Waals surface area contributed by atoms with Crippen LogP contribution in [-0.2, 0) is 6.42 Å². The summed E-state index contributed by atoms with van der Waals surface area (Å²) in [6.07, 6.45) is 6.23. The van der Waals surface area contributed by atoms with E-state index < -0.39 is 0 Å². The van der Waals surface area contributed by atoms with Crippen LogP contribution >= 0.6 is 0 Å². The van der Waals surface area contributed by atoms with Crippen molar-refractivity contribution in [3.8, 4) is 0 Å². The van der Waals surface area contributed by atoms with Crippen molar-refractivity contribution in [2.75, 3.05) is 18.4 Å². The Hall–Kier alpha value is -2.22. The van der Waals surface area contributed by atoms with Crippen molar-refractivity contribution in [1.29, 1.82) is 0 Å². The maximum absolute atomic E-state index is 12.2. The van der Waals surface area contributed by atoms with Crippen LogP contribution in [0.5, 0.6) is 0 Å². The van der Waals surface area contributed by atoms with Gasteiger partial charge < -0.3 is 10.6 Å². The van der Waals surface area contributed by atoms with Crippen molar-refractivity contribution >= 4 is 11.7 Å². The molecular weight excluding hydrogens is 270 g/mol. The van der Waals surface area contributed by atoms with E-state index in [1.165, 1.54) is 0 Å². The molecule has 3 N–H and O–H groups in total. The van der Waals surface area contributed by atoms with Gasteiger partial charge in [-0.2, -0.15) is 5.10 Å². The number of carbonyl (C=O) groups excluding carboxylic acids is 1. The van der Waals surface area contributed by atoms with Gasteiger partial charge in [-0.1, -0.05) is 12.1 Å². The molecule has 0 saturated carbocycles. The number of nitrogens with one attached hydrogen (secondary N) is 3. The summed E-state index contributed by atoms with van der Waals surface area (Å²) in [6, 6.07) is 0.318. The number of H-pyrrole nitrogens is 1. The van der Waals surface area contributed by atoms with E-state index in [9.17, 15) is 4.79 Å². The highest BCUT2D eigenvalue weighted by Gasteiger charge is 2.19. The Morgan fingerprint density at radius 1 is 1.48 bits per heavy atom. The molecule has 2 aromatic heterocycles. The minimum absolute atomic E-state index is 0.269. The highest BCUT2D eigenvalue weighted by atomic mass is 16.2. The van der Waals surface area contributed by atoms with Gasteiger partial charge in [0.15, 0.2) is 5.69 Å². The maximum Gasteiger partial charge on any atom is 0.278 e. The summed E-state index contributed by atoms with van der Waals surface area (Å²) < 4.78 is 1.80. The van der Waals surface area contributed by atoms with Crippen LogP contribution in [0.25, 0.3) is 0 Å². The lowest BCUT2D eigenvalue weighted by Gasteiger charge is -2.22. The van der Waals surface area contributed by atoms with E-state index >= 15 is 0 Å². The highest BCUT2D eigenvalue weighted by Crippen LogP contribution is 2.17. The topological polar surface area (TPSA) is 101 Å². The first-order valence-corrected chi connectivity index (χ1v) is 7.24. The normalized spacial score (nSPS) is 16.0. The minimum Gasteiger partial charge on any atom is -0.317 e. The van der Waals surface area contributed by atoms with E-state index in [1.807, 2.05) is 6.92 Å². The number of rotatable bonds is 4. The van der Waals surface area contributed by atoms with Gasteiger partial charge >= 0.3 is 0 Å². The molecule has 1 aliphatic heterocycles. The highest BCUT2D eigenvalue weighted by molar-refractivity contribution is 6.02. The molecule has 0 spiro atoms. The fourth-order valence-corrected chi connectivity index (χ4v) is 2.50. The van der Waals surface area contributed by atoms with Gasteiger partial charge in [0, 0.05) is 5.56 Å². The van der Waals surface area contributed by atoms with Crippen LogP contribution < -0.4 is 10.6 Å². The fourth-order valence-electron chi connectivity index (χ4n) is 2.50. The van der Waals surface area contributed by atoms with Crippen molar-refractivity contribution in [3.05, 3.63) is 23.7 Å². The SMILES string of the molecule is CCc1cn[nH]c1NC(=O)c1cn(C2CCNCC2)nn1. The maximum atomic E-state index is 12.2. The van der Waals surface area contributed by atoms with Crippen LogP contribution in [0.1, 0.15) is 41.9 Å². The number of anilines is 1. The van der Waals surface area contributed by atoms with E-state index in [4.69, 9.17) is 0 Å². The van der Waals surface area contributed by atoms with Crippen molar-refractivity contribution in [2.45, 2.75) is 32.2 Å². The molecule has 3 rings (SSSR count). The molecule has 8 nitrogen and oxygen atoms in total. The summed E-state index contributed by atoms with van der Waals surface area (Å²) in [5.74, 6) is 0.355. The monoisotopic (exact) mass is 289 g/mol. The average Bonchev–Trinajstić information content (AvgIpc) is 3.17. The summed E-state index contributed by atoms with van der Waals surface area (Å²) in [5, 5.41) is 20.9. The first-order valence-electron chi connectivity index (χ1n) is 7.24. The number of nitrogens with zero attached hydrogens (tertiary/aromatic N) is 4. The Morgan fingerprint density at radius 2 is 2.29 bits per heavy atom. The molecule has 0 atom stereocenters. The molecule has 0 aliphatic carbocycles. The smallest absolute Gasteiger partial charge is 0.278 e. The van der Waals surface area contributed by atoms with Gasteiger partial charge in [0.1, 0.15) is 5.82 Å². The number of carbonyl (C=O) groups is 1. The van der Waals surface area contributed by atoms with Crippen molar-refractivity contribution in [3.63, 3.8) is 0 Å². The standard InChI is InChI=1S/C13H19N7O/c1-2-9-7-15-18-12(9)16-13(21)11-8-20(19-17-11)10-3-5-14-6-4-10/h7-8,10,14H,2-6H2,1H3,(H2,15,16,18,21). The quantitative estimate of drug-likeness (QED) is 0.770. The molecule has 1 fully saturated rings. The first kappa shape index (κ1) is 13.7. The van der Waals surface area contributed by atoms with Crippen LogP contribution in [0.2, 0.25) is 0 Å². The molecule has 2 aromatic rings. The van der Waals surface area contributed by atoms with Crippen molar-refractivity contribution in [1.82, 2.24) is 30.5 Å². The average molecular weight is 289 g/mol. The van der Waals surface area contributed by atoms with Gasteiger partial charge in [-0.3, -0.25) is 9.89 Å². The molecule has 0 unspecified atom stereocenters. The molecule has 0 bridgehead atoms. The Balaban J connectivity index is 1.69. The Kier molecular flexibility index (Phi) is 3.96. The van der Waals surface area contributed by atoms with Gasteiger partial charge in [-0.15, -0.1) is 5.10 Å². The number of hydrogen-bond acceptors (Lipinski definition) is 5. The second-order valence-corrected chi connectivity index (χ2v) is 5.14. The molecule has 3 heterocycles. The number of piperidine rings is 1. The van der Waals surface area contributed by atoms with Gasteiger partial charge in [0.25, 0.3) is 5.91 Å². The van der Waals surface area contributed by atoms with E-state index in [1.54, 1.807) is 17.1 Å².